The van der Waals surface area contributed by atoms with Gasteiger partial charge in [-0.2, -0.15) is 5.10 Å². The van der Waals surface area contributed by atoms with Crippen LogP contribution >= 0.6 is 11.6 Å². The van der Waals surface area contributed by atoms with Crippen LogP contribution in [0.2, 0.25) is 5.02 Å². The molecule has 0 spiro atoms. The van der Waals surface area contributed by atoms with Crippen LogP contribution in [0.4, 0.5) is 4.39 Å². The first kappa shape index (κ1) is 15.7. The Morgan fingerprint density at radius 2 is 2.13 bits per heavy atom. The monoisotopic (exact) mass is 335 g/mol. The van der Waals surface area contributed by atoms with E-state index in [1.807, 2.05) is 0 Å². The molecule has 0 unspecified atom stereocenters. The van der Waals surface area contributed by atoms with E-state index in [0.29, 0.717) is 10.6 Å². The van der Waals surface area contributed by atoms with Crippen molar-refractivity contribution in [1.29, 1.82) is 0 Å². The Balaban J connectivity index is 1.82. The van der Waals surface area contributed by atoms with Crippen molar-refractivity contribution in [3.8, 4) is 0 Å². The van der Waals surface area contributed by atoms with Crippen LogP contribution in [-0.4, -0.2) is 33.7 Å². The number of benzene rings is 1. The van der Waals surface area contributed by atoms with Crippen LogP contribution in [0.1, 0.15) is 22.5 Å². The van der Waals surface area contributed by atoms with Crippen molar-refractivity contribution < 1.29 is 9.18 Å². The van der Waals surface area contributed by atoms with E-state index < -0.39 is 5.67 Å². The van der Waals surface area contributed by atoms with Gasteiger partial charge < -0.3 is 4.90 Å². The van der Waals surface area contributed by atoms with E-state index in [0.717, 1.165) is 4.68 Å². The average Bonchev–Trinajstić information content (AvgIpc) is 2.93. The lowest BCUT2D eigenvalue weighted by atomic mass is 9.95. The molecule has 5 nitrogen and oxygen atoms in total. The van der Waals surface area contributed by atoms with E-state index >= 15 is 4.39 Å². The number of carbonyl (C=O) groups excluding carboxylic acids is 1. The van der Waals surface area contributed by atoms with Crippen molar-refractivity contribution in [2.45, 2.75) is 12.1 Å². The third-order valence-corrected chi connectivity index (χ3v) is 4.26. The number of hydrogen-bond donors (Lipinski definition) is 0. The van der Waals surface area contributed by atoms with Gasteiger partial charge in [0.05, 0.1) is 6.54 Å². The number of rotatable bonds is 2. The Morgan fingerprint density at radius 1 is 1.35 bits per heavy atom. The molecule has 1 aliphatic rings. The van der Waals surface area contributed by atoms with Gasteiger partial charge in [0.2, 0.25) is 0 Å². The molecule has 1 aromatic carbocycles. The zero-order chi connectivity index (χ0) is 16.6. The maximum atomic E-state index is 15.2. The summed E-state index contributed by atoms with van der Waals surface area (Å²) >= 11 is 5.92. The molecule has 23 heavy (non-hydrogen) atoms. The van der Waals surface area contributed by atoms with Crippen molar-refractivity contribution in [2.24, 2.45) is 7.05 Å². The summed E-state index contributed by atoms with van der Waals surface area (Å²) in [5, 5.41) is 4.38. The van der Waals surface area contributed by atoms with Crippen molar-refractivity contribution in [3.05, 3.63) is 63.0 Å². The lowest BCUT2D eigenvalue weighted by molar-refractivity contribution is 0.0742. The summed E-state index contributed by atoms with van der Waals surface area (Å²) in [7, 11) is 1.47. The van der Waals surface area contributed by atoms with E-state index in [-0.39, 0.29) is 36.7 Å². The highest BCUT2D eigenvalue weighted by Crippen LogP contribution is 2.37. The third-order valence-electron chi connectivity index (χ3n) is 4.03. The number of alkyl halides is 1. The minimum Gasteiger partial charge on any atom is -0.334 e. The minimum absolute atomic E-state index is 0.0588. The first-order chi connectivity index (χ1) is 10.9. The van der Waals surface area contributed by atoms with Gasteiger partial charge in [-0.1, -0.05) is 23.7 Å². The quantitative estimate of drug-likeness (QED) is 0.845. The standard InChI is InChI=1S/C16H15ClFN3O2/c1-20-14(22)6-5-13(19-20)15(23)21-8-7-16(18,10-21)11-3-2-4-12(17)9-11/h2-6,9H,7-8,10H2,1H3/t16-/m1/s1. The number of amides is 1. The summed E-state index contributed by atoms with van der Waals surface area (Å²) in [5.74, 6) is -0.387. The summed E-state index contributed by atoms with van der Waals surface area (Å²) in [6, 6.07) is 9.27. The SMILES string of the molecule is Cn1nc(C(=O)N2CC[C@](F)(c3cccc(Cl)c3)C2)ccc1=O. The molecule has 0 aliphatic carbocycles. The number of aromatic nitrogens is 2. The van der Waals surface area contributed by atoms with Crippen LogP contribution in [0.25, 0.3) is 0 Å². The molecule has 2 heterocycles. The molecule has 0 radical (unpaired) electrons. The molecule has 1 atom stereocenters. The maximum absolute atomic E-state index is 15.2. The number of halogens is 2. The molecule has 1 aromatic heterocycles. The highest BCUT2D eigenvalue weighted by atomic mass is 35.5. The van der Waals surface area contributed by atoms with Gasteiger partial charge in [-0.15, -0.1) is 0 Å². The molecule has 7 heteroatoms. The molecule has 0 N–H and O–H groups in total. The Morgan fingerprint density at radius 3 is 2.83 bits per heavy atom. The predicted octanol–water partition coefficient (Wildman–Crippen LogP) is 2.14. The fraction of sp³-hybridized carbons (Fsp3) is 0.312. The highest BCUT2D eigenvalue weighted by Gasteiger charge is 2.42. The van der Waals surface area contributed by atoms with Crippen LogP contribution < -0.4 is 5.56 Å². The lowest BCUT2D eigenvalue weighted by Crippen LogP contribution is -2.34. The van der Waals surface area contributed by atoms with E-state index in [1.54, 1.807) is 24.3 Å². The highest BCUT2D eigenvalue weighted by molar-refractivity contribution is 6.30. The van der Waals surface area contributed by atoms with Gasteiger partial charge in [0, 0.05) is 31.1 Å². The first-order valence-corrected chi connectivity index (χ1v) is 7.55. The minimum atomic E-state index is -1.62. The number of hydrogen-bond acceptors (Lipinski definition) is 3. The molecule has 0 bridgehead atoms. The summed E-state index contributed by atoms with van der Waals surface area (Å²) in [5.41, 5.74) is -1.33. The van der Waals surface area contributed by atoms with Crippen LogP contribution in [0.15, 0.2) is 41.2 Å². The summed E-state index contributed by atoms with van der Waals surface area (Å²) < 4.78 is 16.3. The molecule has 2 aromatic rings. The van der Waals surface area contributed by atoms with Crippen LogP contribution in [0, 0.1) is 0 Å². The number of nitrogens with zero attached hydrogens (tertiary/aromatic N) is 3. The molecule has 0 saturated carbocycles. The average molecular weight is 336 g/mol. The van der Waals surface area contributed by atoms with Crippen LogP contribution in [0.5, 0.6) is 0 Å². The summed E-state index contributed by atoms with van der Waals surface area (Å²) in [4.78, 5) is 25.2. The van der Waals surface area contributed by atoms with Crippen molar-refractivity contribution in [2.75, 3.05) is 13.1 Å². The van der Waals surface area contributed by atoms with Gasteiger partial charge in [0.25, 0.3) is 11.5 Å². The summed E-state index contributed by atoms with van der Waals surface area (Å²) in [6.45, 7) is 0.225. The molecule has 3 rings (SSSR count). The Labute approximate surface area is 137 Å². The smallest absolute Gasteiger partial charge is 0.274 e. The maximum Gasteiger partial charge on any atom is 0.274 e. The molecular weight excluding hydrogens is 321 g/mol. The van der Waals surface area contributed by atoms with Gasteiger partial charge in [-0.3, -0.25) is 9.59 Å². The van der Waals surface area contributed by atoms with Gasteiger partial charge in [0.15, 0.2) is 5.67 Å². The van der Waals surface area contributed by atoms with Crippen molar-refractivity contribution in [3.63, 3.8) is 0 Å². The zero-order valence-electron chi connectivity index (χ0n) is 12.5. The summed E-state index contributed by atoms with van der Waals surface area (Å²) in [6.07, 6.45) is 0.199. The first-order valence-electron chi connectivity index (χ1n) is 7.18. The van der Waals surface area contributed by atoms with Crippen molar-refractivity contribution in [1.82, 2.24) is 14.7 Å². The Hall–Kier alpha value is -2.21. The third kappa shape index (κ3) is 2.99. The Bertz CT molecular complexity index is 823. The lowest BCUT2D eigenvalue weighted by Gasteiger charge is -2.21. The molecule has 1 fully saturated rings. The van der Waals surface area contributed by atoms with Crippen molar-refractivity contribution >= 4 is 17.5 Å². The van der Waals surface area contributed by atoms with Gasteiger partial charge >= 0.3 is 0 Å². The zero-order valence-corrected chi connectivity index (χ0v) is 13.3. The molecular formula is C16H15ClFN3O2. The second-order valence-corrected chi connectivity index (χ2v) is 6.07. The largest absolute Gasteiger partial charge is 0.334 e. The molecule has 1 aliphatic heterocycles. The van der Waals surface area contributed by atoms with E-state index in [1.165, 1.54) is 24.1 Å². The fourth-order valence-corrected chi connectivity index (χ4v) is 2.92. The predicted molar refractivity (Wildman–Crippen MR) is 84.2 cm³/mol. The van der Waals surface area contributed by atoms with Gasteiger partial charge in [-0.05, 0) is 23.8 Å². The molecule has 120 valence electrons. The normalized spacial score (nSPS) is 20.7. The van der Waals surface area contributed by atoms with E-state index in [4.69, 9.17) is 11.6 Å². The number of aryl methyl sites for hydroxylation is 1. The van der Waals surface area contributed by atoms with Crippen LogP contribution in [0.3, 0.4) is 0 Å². The van der Waals surface area contributed by atoms with Crippen LogP contribution in [-0.2, 0) is 12.7 Å². The Kier molecular flexibility index (Phi) is 3.93. The molecule has 1 saturated heterocycles. The molecule has 1 amide bonds. The van der Waals surface area contributed by atoms with E-state index in [2.05, 4.69) is 5.10 Å². The topological polar surface area (TPSA) is 55.2 Å². The number of carbonyl (C=O) groups is 1. The number of likely N-dealkylation sites (tertiary alicyclic amines) is 1. The van der Waals surface area contributed by atoms with E-state index in [9.17, 15) is 9.59 Å². The fourth-order valence-electron chi connectivity index (χ4n) is 2.73. The van der Waals surface area contributed by atoms with Gasteiger partial charge in [0.1, 0.15) is 5.69 Å². The second kappa shape index (κ2) is 5.77. The van der Waals surface area contributed by atoms with Gasteiger partial charge in [-0.25, -0.2) is 9.07 Å². The second-order valence-electron chi connectivity index (χ2n) is 5.63.